The largest absolute Gasteiger partial charge is 0.430 e. The van der Waals surface area contributed by atoms with Gasteiger partial charge in [0.1, 0.15) is 6.79 Å². The lowest BCUT2D eigenvalue weighted by Gasteiger charge is -2.41. The third-order valence-electron chi connectivity index (χ3n) is 8.10. The standard InChI is InChI=1S/C27H34F12O3/c1-6-16(5)17-10-18(22(40,24(28,29)30)25(31,32)33)12-19(11-17)23(26(34,35)36,27(37,38)39)42-13-41-21-9-15(4)7-8-20(21)14(2)3/h10-12,14-16,20-21,40H,6-9,13H2,1-5H3/t15-,16?,20-,21?/m1/s1. The van der Waals surface area contributed by atoms with Crippen molar-refractivity contribution in [2.75, 3.05) is 6.79 Å². The predicted molar refractivity (Wildman–Crippen MR) is 127 cm³/mol. The lowest BCUT2D eigenvalue weighted by Crippen LogP contribution is -2.57. The Kier molecular flexibility index (Phi) is 10.7. The molecule has 15 heteroatoms. The van der Waals surface area contributed by atoms with Crippen LogP contribution in [0.15, 0.2) is 18.2 Å². The first kappa shape index (κ1) is 36.5. The normalized spacial score (nSPS) is 22.5. The van der Waals surface area contributed by atoms with E-state index in [9.17, 15) is 57.8 Å². The first-order valence-electron chi connectivity index (χ1n) is 13.3. The molecule has 1 aromatic carbocycles. The third kappa shape index (κ3) is 6.82. The highest BCUT2D eigenvalue weighted by molar-refractivity contribution is 5.41. The molecule has 0 radical (unpaired) electrons. The zero-order valence-corrected chi connectivity index (χ0v) is 23.5. The van der Waals surface area contributed by atoms with Crippen LogP contribution < -0.4 is 0 Å². The third-order valence-corrected chi connectivity index (χ3v) is 8.10. The summed E-state index contributed by atoms with van der Waals surface area (Å²) < 4.78 is 179. The summed E-state index contributed by atoms with van der Waals surface area (Å²) in [6.45, 7) is 6.31. The summed E-state index contributed by atoms with van der Waals surface area (Å²) in [5, 5.41) is 9.90. The Morgan fingerprint density at radius 1 is 0.786 bits per heavy atom. The van der Waals surface area contributed by atoms with E-state index in [1.165, 1.54) is 13.8 Å². The first-order valence-corrected chi connectivity index (χ1v) is 13.3. The van der Waals surface area contributed by atoms with E-state index >= 15 is 0 Å². The van der Waals surface area contributed by atoms with Crippen LogP contribution in [0.1, 0.15) is 82.9 Å². The van der Waals surface area contributed by atoms with E-state index in [1.54, 1.807) is 13.8 Å². The van der Waals surface area contributed by atoms with Crippen molar-refractivity contribution in [2.45, 2.75) is 108 Å². The number of hydrogen-bond donors (Lipinski definition) is 1. The molecule has 0 aromatic heterocycles. The molecule has 4 atom stereocenters. The zero-order valence-electron chi connectivity index (χ0n) is 23.5. The number of benzene rings is 1. The fourth-order valence-corrected chi connectivity index (χ4v) is 5.32. The van der Waals surface area contributed by atoms with E-state index in [4.69, 9.17) is 4.74 Å². The summed E-state index contributed by atoms with van der Waals surface area (Å²) in [4.78, 5) is 0. The summed E-state index contributed by atoms with van der Waals surface area (Å²) in [6, 6.07) is -0.303. The highest BCUT2D eigenvalue weighted by atomic mass is 19.4. The highest BCUT2D eigenvalue weighted by Crippen LogP contribution is 2.56. The minimum Gasteiger partial charge on any atom is -0.369 e. The van der Waals surface area contributed by atoms with Gasteiger partial charge < -0.3 is 14.6 Å². The summed E-state index contributed by atoms with van der Waals surface area (Å²) in [5.41, 5.74) is -16.3. The second-order valence-corrected chi connectivity index (χ2v) is 11.3. The van der Waals surface area contributed by atoms with Crippen LogP contribution in [0.5, 0.6) is 0 Å². The van der Waals surface area contributed by atoms with Crippen molar-refractivity contribution in [3.05, 3.63) is 34.9 Å². The van der Waals surface area contributed by atoms with Gasteiger partial charge in [-0.15, -0.1) is 0 Å². The van der Waals surface area contributed by atoms with Crippen molar-refractivity contribution in [3.63, 3.8) is 0 Å². The Morgan fingerprint density at radius 3 is 1.71 bits per heavy atom. The molecule has 0 bridgehead atoms. The van der Waals surface area contributed by atoms with Gasteiger partial charge in [-0.1, -0.05) is 53.2 Å². The number of hydrogen-bond acceptors (Lipinski definition) is 3. The van der Waals surface area contributed by atoms with Gasteiger partial charge in [0, 0.05) is 11.1 Å². The SMILES string of the molecule is CCC(C)c1cc(C(O)(C(F)(F)F)C(F)(F)F)cc(C(OCOC2C[C@H](C)CC[C@@H]2C(C)C)(C(F)(F)F)C(F)(F)F)c1. The Bertz CT molecular complexity index is 1010. The van der Waals surface area contributed by atoms with Crippen molar-refractivity contribution in [2.24, 2.45) is 17.8 Å². The molecule has 0 spiro atoms. The molecule has 0 heterocycles. The Morgan fingerprint density at radius 2 is 1.29 bits per heavy atom. The minimum atomic E-state index is -6.57. The first-order chi connectivity index (χ1) is 18.8. The Labute approximate surface area is 235 Å². The molecule has 2 unspecified atom stereocenters. The van der Waals surface area contributed by atoms with Crippen LogP contribution in [-0.2, 0) is 20.7 Å². The maximum Gasteiger partial charge on any atom is 0.430 e. The molecule has 2 rings (SSSR count). The fraction of sp³-hybridized carbons (Fsp3) is 0.778. The van der Waals surface area contributed by atoms with Gasteiger partial charge >= 0.3 is 24.7 Å². The van der Waals surface area contributed by atoms with E-state index < -0.39 is 77.5 Å². The van der Waals surface area contributed by atoms with Gasteiger partial charge in [0.2, 0.25) is 0 Å². The molecule has 244 valence electrons. The van der Waals surface area contributed by atoms with Gasteiger partial charge in [-0.25, -0.2) is 0 Å². The highest BCUT2D eigenvalue weighted by Gasteiger charge is 2.75. The van der Waals surface area contributed by atoms with Gasteiger partial charge in [-0.3, -0.25) is 0 Å². The molecule has 1 saturated carbocycles. The molecular weight excluding hydrogens is 600 g/mol. The molecule has 42 heavy (non-hydrogen) atoms. The molecule has 3 nitrogen and oxygen atoms in total. The van der Waals surface area contributed by atoms with Crippen LogP contribution >= 0.6 is 0 Å². The van der Waals surface area contributed by atoms with E-state index in [-0.39, 0.29) is 42.7 Å². The predicted octanol–water partition coefficient (Wildman–Crippen LogP) is 9.28. The maximum absolute atomic E-state index is 14.5. The van der Waals surface area contributed by atoms with Gasteiger partial charge in [0.15, 0.2) is 0 Å². The van der Waals surface area contributed by atoms with E-state index in [1.807, 2.05) is 6.92 Å². The van der Waals surface area contributed by atoms with Gasteiger partial charge in [0.05, 0.1) is 6.10 Å². The Balaban J connectivity index is 2.81. The topological polar surface area (TPSA) is 38.7 Å². The lowest BCUT2D eigenvalue weighted by molar-refractivity contribution is -0.404. The fourth-order valence-electron chi connectivity index (χ4n) is 5.32. The summed E-state index contributed by atoms with van der Waals surface area (Å²) in [5.74, 6) is -1.39. The molecule has 0 amide bonds. The van der Waals surface area contributed by atoms with Crippen molar-refractivity contribution >= 4 is 0 Å². The molecule has 0 saturated heterocycles. The lowest BCUT2D eigenvalue weighted by atomic mass is 9.75. The second kappa shape index (κ2) is 12.3. The van der Waals surface area contributed by atoms with Crippen molar-refractivity contribution in [3.8, 4) is 0 Å². The number of alkyl halides is 12. The van der Waals surface area contributed by atoms with Gasteiger partial charge in [-0.2, -0.15) is 52.7 Å². The summed E-state index contributed by atoms with van der Waals surface area (Å²) in [6.07, 6.45) is -25.3. The Hall–Kier alpha value is -1.74. The van der Waals surface area contributed by atoms with Crippen molar-refractivity contribution < 1.29 is 67.3 Å². The van der Waals surface area contributed by atoms with Gasteiger partial charge in [0.25, 0.3) is 11.2 Å². The maximum atomic E-state index is 14.5. The second-order valence-electron chi connectivity index (χ2n) is 11.3. The number of aliphatic hydroxyl groups is 1. The smallest absolute Gasteiger partial charge is 0.369 e. The molecule has 1 N–H and O–H groups in total. The van der Waals surface area contributed by atoms with Crippen molar-refractivity contribution in [1.82, 2.24) is 0 Å². The summed E-state index contributed by atoms with van der Waals surface area (Å²) in [7, 11) is 0. The average Bonchev–Trinajstić information content (AvgIpc) is 2.82. The molecule has 0 aliphatic heterocycles. The van der Waals surface area contributed by atoms with Crippen LogP contribution in [0.3, 0.4) is 0 Å². The van der Waals surface area contributed by atoms with Crippen LogP contribution in [0.25, 0.3) is 0 Å². The van der Waals surface area contributed by atoms with Crippen LogP contribution in [0.4, 0.5) is 52.7 Å². The van der Waals surface area contributed by atoms with E-state index in [2.05, 4.69) is 4.74 Å². The summed E-state index contributed by atoms with van der Waals surface area (Å²) >= 11 is 0. The molecule has 1 aliphatic carbocycles. The number of ether oxygens (including phenoxy) is 2. The van der Waals surface area contributed by atoms with Crippen molar-refractivity contribution in [1.29, 1.82) is 0 Å². The molecule has 1 aromatic rings. The average molecular weight is 635 g/mol. The number of rotatable bonds is 9. The molecule has 1 fully saturated rings. The van der Waals surface area contributed by atoms with E-state index in [0.29, 0.717) is 6.42 Å². The van der Waals surface area contributed by atoms with Crippen LogP contribution in [0, 0.1) is 17.8 Å². The monoisotopic (exact) mass is 634 g/mol. The van der Waals surface area contributed by atoms with Crippen LogP contribution in [0.2, 0.25) is 0 Å². The van der Waals surface area contributed by atoms with E-state index in [0.717, 1.165) is 6.42 Å². The minimum absolute atomic E-state index is 0.0252. The number of halogens is 12. The zero-order chi connectivity index (χ0) is 32.7. The quantitative estimate of drug-likeness (QED) is 0.217. The molecular formula is C27H34F12O3. The van der Waals surface area contributed by atoms with Gasteiger partial charge in [-0.05, 0) is 54.6 Å². The molecule has 1 aliphatic rings. The van der Waals surface area contributed by atoms with Crippen LogP contribution in [-0.4, -0.2) is 42.7 Å².